The van der Waals surface area contributed by atoms with E-state index in [4.69, 9.17) is 0 Å². The van der Waals surface area contributed by atoms with E-state index in [1.54, 1.807) is 11.0 Å². The van der Waals surface area contributed by atoms with Crippen molar-refractivity contribution in [3.8, 4) is 0 Å². The Labute approximate surface area is 118 Å². The summed E-state index contributed by atoms with van der Waals surface area (Å²) in [5.41, 5.74) is 0.769. The van der Waals surface area contributed by atoms with E-state index in [9.17, 15) is 0 Å². The summed E-state index contributed by atoms with van der Waals surface area (Å²) in [4.78, 5) is 10.8. The van der Waals surface area contributed by atoms with Crippen LogP contribution in [0.15, 0.2) is 12.5 Å². The molecule has 0 spiro atoms. The molecule has 6 nitrogen and oxygen atoms in total. The first-order chi connectivity index (χ1) is 7.84. The largest absolute Gasteiger partial charge is 0.353 e. The Morgan fingerprint density at radius 1 is 1.17 bits per heavy atom. The van der Waals surface area contributed by atoms with Crippen molar-refractivity contribution in [2.75, 3.05) is 31.1 Å². The second kappa shape index (κ2) is 6.17. The van der Waals surface area contributed by atoms with Crippen LogP contribution in [0.1, 0.15) is 0 Å². The van der Waals surface area contributed by atoms with E-state index >= 15 is 0 Å². The highest BCUT2D eigenvalue weighted by Gasteiger charge is 2.16. The lowest BCUT2D eigenvalue weighted by Gasteiger charge is -2.28. The SMILES string of the molecule is Cl.Cl.Cn1cc2c(N3CCNCC3)ncnc2n1. The molecule has 0 radical (unpaired) electrons. The molecule has 0 saturated carbocycles. The number of rotatable bonds is 1. The Hall–Kier alpha value is -1.11. The molecule has 0 bridgehead atoms. The van der Waals surface area contributed by atoms with Gasteiger partial charge in [-0.3, -0.25) is 4.68 Å². The highest BCUT2D eigenvalue weighted by Crippen LogP contribution is 2.21. The molecule has 0 unspecified atom stereocenters. The van der Waals surface area contributed by atoms with Gasteiger partial charge in [-0.05, 0) is 0 Å². The first-order valence-corrected chi connectivity index (χ1v) is 5.44. The number of hydrogen-bond acceptors (Lipinski definition) is 5. The van der Waals surface area contributed by atoms with Crippen LogP contribution in [0.2, 0.25) is 0 Å². The average Bonchev–Trinajstić information content (AvgIpc) is 2.70. The maximum atomic E-state index is 4.38. The lowest BCUT2D eigenvalue weighted by Crippen LogP contribution is -2.43. The molecule has 2 aromatic rings. The number of hydrogen-bond donors (Lipinski definition) is 1. The Balaban J connectivity index is 0.000000810. The standard InChI is InChI=1S/C10H14N6.2ClH/c1-15-6-8-9(14-15)12-7-13-10(8)16-4-2-11-3-5-16;;/h6-7,11H,2-5H2,1H3;2*1H. The van der Waals surface area contributed by atoms with Gasteiger partial charge in [0.15, 0.2) is 5.65 Å². The summed E-state index contributed by atoms with van der Waals surface area (Å²) in [5, 5.41) is 8.66. The number of fused-ring (bicyclic) bond motifs is 1. The predicted molar refractivity (Wildman–Crippen MR) is 75.9 cm³/mol. The molecule has 1 fully saturated rings. The molecule has 1 aliphatic heterocycles. The monoisotopic (exact) mass is 290 g/mol. The Morgan fingerprint density at radius 2 is 1.89 bits per heavy atom. The van der Waals surface area contributed by atoms with Gasteiger partial charge >= 0.3 is 0 Å². The molecule has 0 atom stereocenters. The number of aryl methyl sites for hydroxylation is 1. The molecular formula is C10H16Cl2N6. The van der Waals surface area contributed by atoms with Gasteiger partial charge in [-0.15, -0.1) is 24.8 Å². The minimum absolute atomic E-state index is 0. The van der Waals surface area contributed by atoms with Crippen LogP contribution in [-0.2, 0) is 7.05 Å². The van der Waals surface area contributed by atoms with Gasteiger partial charge in [-0.25, -0.2) is 9.97 Å². The number of nitrogens with zero attached hydrogens (tertiary/aromatic N) is 5. The van der Waals surface area contributed by atoms with Crippen molar-refractivity contribution >= 4 is 41.7 Å². The summed E-state index contributed by atoms with van der Waals surface area (Å²) in [5.74, 6) is 1.000. The fourth-order valence-corrected chi connectivity index (χ4v) is 2.07. The zero-order valence-electron chi connectivity index (χ0n) is 10.0. The minimum Gasteiger partial charge on any atom is -0.353 e. The molecule has 1 saturated heterocycles. The van der Waals surface area contributed by atoms with E-state index in [2.05, 4.69) is 25.3 Å². The molecule has 3 rings (SSSR count). The van der Waals surface area contributed by atoms with Gasteiger partial charge in [0.1, 0.15) is 12.1 Å². The molecule has 3 heterocycles. The molecule has 1 N–H and O–H groups in total. The van der Waals surface area contributed by atoms with E-state index in [0.29, 0.717) is 0 Å². The Bertz CT molecular complexity index is 508. The highest BCUT2D eigenvalue weighted by molar-refractivity contribution is 5.86. The van der Waals surface area contributed by atoms with Crippen molar-refractivity contribution < 1.29 is 0 Å². The summed E-state index contributed by atoms with van der Waals surface area (Å²) in [7, 11) is 1.91. The summed E-state index contributed by atoms with van der Waals surface area (Å²) in [6, 6.07) is 0. The van der Waals surface area contributed by atoms with Crippen LogP contribution >= 0.6 is 24.8 Å². The van der Waals surface area contributed by atoms with E-state index in [0.717, 1.165) is 43.0 Å². The third kappa shape index (κ3) is 2.66. The maximum Gasteiger partial charge on any atom is 0.186 e. The van der Waals surface area contributed by atoms with Crippen LogP contribution in [0.4, 0.5) is 5.82 Å². The number of piperazine rings is 1. The van der Waals surface area contributed by atoms with Crippen molar-refractivity contribution in [2.45, 2.75) is 0 Å². The molecule has 0 amide bonds. The van der Waals surface area contributed by atoms with Gasteiger partial charge in [0.25, 0.3) is 0 Å². The second-order valence-electron chi connectivity index (χ2n) is 3.97. The smallest absolute Gasteiger partial charge is 0.186 e. The molecule has 1 aliphatic rings. The van der Waals surface area contributed by atoms with Crippen molar-refractivity contribution in [1.29, 1.82) is 0 Å². The van der Waals surface area contributed by atoms with Gasteiger partial charge in [0.05, 0.1) is 5.39 Å². The van der Waals surface area contributed by atoms with Gasteiger partial charge < -0.3 is 10.2 Å². The van der Waals surface area contributed by atoms with E-state index in [1.165, 1.54) is 0 Å². The predicted octanol–water partition coefficient (Wildman–Crippen LogP) is 0.616. The van der Waals surface area contributed by atoms with Crippen LogP contribution in [0, 0.1) is 0 Å². The first kappa shape index (κ1) is 14.9. The van der Waals surface area contributed by atoms with E-state index in [1.807, 2.05) is 13.2 Å². The van der Waals surface area contributed by atoms with Crippen LogP contribution in [0.25, 0.3) is 11.0 Å². The number of halogens is 2. The van der Waals surface area contributed by atoms with Crippen LogP contribution in [0.5, 0.6) is 0 Å². The van der Waals surface area contributed by atoms with Crippen LogP contribution in [0.3, 0.4) is 0 Å². The van der Waals surface area contributed by atoms with Gasteiger partial charge in [-0.1, -0.05) is 0 Å². The fraction of sp³-hybridized carbons (Fsp3) is 0.500. The quantitative estimate of drug-likeness (QED) is 0.834. The van der Waals surface area contributed by atoms with E-state index in [-0.39, 0.29) is 24.8 Å². The zero-order chi connectivity index (χ0) is 11.0. The topological polar surface area (TPSA) is 58.9 Å². The van der Waals surface area contributed by atoms with E-state index < -0.39 is 0 Å². The molecular weight excluding hydrogens is 275 g/mol. The molecule has 0 aliphatic carbocycles. The minimum atomic E-state index is 0. The number of anilines is 1. The highest BCUT2D eigenvalue weighted by atomic mass is 35.5. The van der Waals surface area contributed by atoms with Crippen LogP contribution in [-0.4, -0.2) is 45.9 Å². The van der Waals surface area contributed by atoms with Crippen molar-refractivity contribution in [3.05, 3.63) is 12.5 Å². The lowest BCUT2D eigenvalue weighted by molar-refractivity contribution is 0.586. The maximum absolute atomic E-state index is 4.38. The summed E-state index contributed by atoms with van der Waals surface area (Å²) in [6.07, 6.45) is 3.57. The second-order valence-corrected chi connectivity index (χ2v) is 3.97. The molecule has 8 heteroatoms. The average molecular weight is 291 g/mol. The third-order valence-corrected chi connectivity index (χ3v) is 2.83. The van der Waals surface area contributed by atoms with Gasteiger partial charge in [0, 0.05) is 39.4 Å². The Kier molecular flexibility index (Phi) is 5.13. The van der Waals surface area contributed by atoms with Crippen molar-refractivity contribution in [1.82, 2.24) is 25.1 Å². The summed E-state index contributed by atoms with van der Waals surface area (Å²) < 4.78 is 1.78. The Morgan fingerprint density at radius 3 is 2.61 bits per heavy atom. The van der Waals surface area contributed by atoms with Crippen LogP contribution < -0.4 is 10.2 Å². The first-order valence-electron chi connectivity index (χ1n) is 5.44. The molecule has 18 heavy (non-hydrogen) atoms. The molecule has 2 aromatic heterocycles. The van der Waals surface area contributed by atoms with Gasteiger partial charge in [-0.2, -0.15) is 5.10 Å². The zero-order valence-corrected chi connectivity index (χ0v) is 11.7. The molecule has 0 aromatic carbocycles. The van der Waals surface area contributed by atoms with Gasteiger partial charge in [0.2, 0.25) is 0 Å². The summed E-state index contributed by atoms with van der Waals surface area (Å²) >= 11 is 0. The molecule has 100 valence electrons. The number of aromatic nitrogens is 4. The van der Waals surface area contributed by atoms with Crippen molar-refractivity contribution in [2.24, 2.45) is 7.05 Å². The summed E-state index contributed by atoms with van der Waals surface area (Å²) in [6.45, 7) is 3.99. The van der Waals surface area contributed by atoms with Crippen molar-refractivity contribution in [3.63, 3.8) is 0 Å². The number of nitrogens with one attached hydrogen (secondary N) is 1. The normalized spacial score (nSPS) is 15.1. The fourth-order valence-electron chi connectivity index (χ4n) is 2.07. The lowest BCUT2D eigenvalue weighted by atomic mass is 10.3. The third-order valence-electron chi connectivity index (χ3n) is 2.83.